The maximum absolute atomic E-state index is 11.7. The van der Waals surface area contributed by atoms with Crippen molar-refractivity contribution in [2.45, 2.75) is 26.4 Å². The number of benzene rings is 1. The second kappa shape index (κ2) is 5.61. The molecule has 5 nitrogen and oxygen atoms in total. The van der Waals surface area contributed by atoms with Crippen molar-refractivity contribution in [1.82, 2.24) is 4.90 Å². The molecule has 0 radical (unpaired) electrons. The van der Waals surface area contributed by atoms with Gasteiger partial charge in [0.2, 0.25) is 0 Å². The summed E-state index contributed by atoms with van der Waals surface area (Å²) in [6.45, 7) is 7.57. The van der Waals surface area contributed by atoms with E-state index >= 15 is 0 Å². The van der Waals surface area contributed by atoms with E-state index in [9.17, 15) is 4.79 Å². The molecule has 1 aromatic carbocycles. The Labute approximate surface area is 119 Å². The highest BCUT2D eigenvalue weighted by atomic mass is 16.6. The normalized spacial score (nSPS) is 15.7. The highest BCUT2D eigenvalue weighted by Crippen LogP contribution is 2.21. The lowest BCUT2D eigenvalue weighted by Crippen LogP contribution is -2.53. The highest BCUT2D eigenvalue weighted by molar-refractivity contribution is 5.69. The molecule has 5 heteroatoms. The summed E-state index contributed by atoms with van der Waals surface area (Å²) in [6.07, 6.45) is -0.249. The van der Waals surface area contributed by atoms with Crippen LogP contribution in [0, 0.1) is 5.92 Å². The SMILES string of the molecule is CC(C)(C)OC(=O)N1CC(COc2ccc(N)cc2)C1. The van der Waals surface area contributed by atoms with E-state index in [2.05, 4.69) is 0 Å². The topological polar surface area (TPSA) is 64.8 Å². The molecular weight excluding hydrogens is 256 g/mol. The molecular formula is C15H22N2O3. The van der Waals surface area contributed by atoms with Crippen LogP contribution < -0.4 is 10.5 Å². The first-order chi connectivity index (χ1) is 9.33. The number of carbonyl (C=O) groups excluding carboxylic acids is 1. The van der Waals surface area contributed by atoms with Gasteiger partial charge in [-0.2, -0.15) is 0 Å². The van der Waals surface area contributed by atoms with E-state index < -0.39 is 5.60 Å². The van der Waals surface area contributed by atoms with E-state index in [1.165, 1.54) is 0 Å². The van der Waals surface area contributed by atoms with Gasteiger partial charge in [-0.05, 0) is 45.0 Å². The minimum Gasteiger partial charge on any atom is -0.493 e. The third-order valence-corrected chi connectivity index (χ3v) is 2.97. The maximum Gasteiger partial charge on any atom is 0.410 e. The van der Waals surface area contributed by atoms with Crippen molar-refractivity contribution < 1.29 is 14.3 Å². The van der Waals surface area contributed by atoms with Crippen LogP contribution in [0.15, 0.2) is 24.3 Å². The summed E-state index contributed by atoms with van der Waals surface area (Å²) in [6, 6.07) is 7.31. The van der Waals surface area contributed by atoms with Gasteiger partial charge in [0.15, 0.2) is 0 Å². The minimum absolute atomic E-state index is 0.249. The van der Waals surface area contributed by atoms with Crippen LogP contribution in [0.2, 0.25) is 0 Å². The molecule has 0 atom stereocenters. The van der Waals surface area contributed by atoms with Crippen molar-refractivity contribution in [1.29, 1.82) is 0 Å². The summed E-state index contributed by atoms with van der Waals surface area (Å²) in [5.74, 6) is 1.16. The zero-order valence-corrected chi connectivity index (χ0v) is 12.3. The Morgan fingerprint density at radius 2 is 1.90 bits per heavy atom. The average Bonchev–Trinajstić information content (AvgIpc) is 2.27. The Bertz CT molecular complexity index is 459. The highest BCUT2D eigenvalue weighted by Gasteiger charge is 2.33. The smallest absolute Gasteiger partial charge is 0.410 e. The van der Waals surface area contributed by atoms with Gasteiger partial charge < -0.3 is 20.1 Å². The Hall–Kier alpha value is -1.91. The Morgan fingerprint density at radius 1 is 1.30 bits per heavy atom. The number of nitrogens with zero attached hydrogens (tertiary/aromatic N) is 1. The lowest BCUT2D eigenvalue weighted by Gasteiger charge is -2.39. The molecule has 1 heterocycles. The maximum atomic E-state index is 11.7. The van der Waals surface area contributed by atoms with Crippen LogP contribution >= 0.6 is 0 Å². The monoisotopic (exact) mass is 278 g/mol. The van der Waals surface area contributed by atoms with Crippen LogP contribution in [-0.4, -0.2) is 36.3 Å². The van der Waals surface area contributed by atoms with Gasteiger partial charge in [0.25, 0.3) is 0 Å². The molecule has 2 N–H and O–H groups in total. The molecule has 20 heavy (non-hydrogen) atoms. The second-order valence-corrected chi connectivity index (χ2v) is 6.13. The molecule has 1 aliphatic rings. The van der Waals surface area contributed by atoms with E-state index in [4.69, 9.17) is 15.2 Å². The van der Waals surface area contributed by atoms with Crippen molar-refractivity contribution in [3.05, 3.63) is 24.3 Å². The summed E-state index contributed by atoms with van der Waals surface area (Å²) in [5.41, 5.74) is 5.89. The number of ether oxygens (including phenoxy) is 2. The van der Waals surface area contributed by atoms with E-state index in [1.54, 1.807) is 4.90 Å². The largest absolute Gasteiger partial charge is 0.493 e. The number of nitrogens with two attached hydrogens (primary N) is 1. The van der Waals surface area contributed by atoms with Gasteiger partial charge >= 0.3 is 6.09 Å². The third kappa shape index (κ3) is 4.05. The number of hydrogen-bond donors (Lipinski definition) is 1. The second-order valence-electron chi connectivity index (χ2n) is 6.13. The molecule has 1 aliphatic heterocycles. The van der Waals surface area contributed by atoms with Gasteiger partial charge in [0, 0.05) is 24.7 Å². The fraction of sp³-hybridized carbons (Fsp3) is 0.533. The van der Waals surface area contributed by atoms with Crippen LogP contribution in [0.1, 0.15) is 20.8 Å². The van der Waals surface area contributed by atoms with Crippen LogP contribution in [-0.2, 0) is 4.74 Å². The van der Waals surface area contributed by atoms with Gasteiger partial charge in [0.05, 0.1) is 6.61 Å². The molecule has 1 amide bonds. The van der Waals surface area contributed by atoms with Gasteiger partial charge in [0.1, 0.15) is 11.4 Å². The van der Waals surface area contributed by atoms with Crippen molar-refractivity contribution in [2.75, 3.05) is 25.4 Å². The van der Waals surface area contributed by atoms with Crippen LogP contribution in [0.3, 0.4) is 0 Å². The average molecular weight is 278 g/mol. The molecule has 110 valence electrons. The van der Waals surface area contributed by atoms with E-state index in [0.717, 1.165) is 11.4 Å². The fourth-order valence-electron chi connectivity index (χ4n) is 1.93. The quantitative estimate of drug-likeness (QED) is 0.863. The van der Waals surface area contributed by atoms with Gasteiger partial charge in [-0.25, -0.2) is 4.79 Å². The van der Waals surface area contributed by atoms with Gasteiger partial charge in [-0.3, -0.25) is 0 Å². The molecule has 0 spiro atoms. The van der Waals surface area contributed by atoms with Gasteiger partial charge in [-0.1, -0.05) is 0 Å². The molecule has 1 fully saturated rings. The zero-order chi connectivity index (χ0) is 14.8. The van der Waals surface area contributed by atoms with E-state index in [1.807, 2.05) is 45.0 Å². The summed E-state index contributed by atoms with van der Waals surface area (Å²) >= 11 is 0. The number of hydrogen-bond acceptors (Lipinski definition) is 4. The van der Waals surface area contributed by atoms with Crippen LogP contribution in [0.5, 0.6) is 5.75 Å². The number of anilines is 1. The molecule has 1 aromatic rings. The van der Waals surface area contributed by atoms with Crippen molar-refractivity contribution in [3.8, 4) is 5.75 Å². The Morgan fingerprint density at radius 3 is 2.45 bits per heavy atom. The number of rotatable bonds is 3. The standard InChI is InChI=1S/C15H22N2O3/c1-15(2,3)20-14(18)17-8-11(9-17)10-19-13-6-4-12(16)5-7-13/h4-7,11H,8-10,16H2,1-3H3. The van der Waals surface area contributed by atoms with Crippen LogP contribution in [0.4, 0.5) is 10.5 Å². The summed E-state index contributed by atoms with van der Waals surface area (Å²) < 4.78 is 11.0. The Balaban J connectivity index is 1.69. The molecule has 0 saturated carbocycles. The molecule has 1 saturated heterocycles. The number of carbonyl (C=O) groups is 1. The van der Waals surface area contributed by atoms with E-state index in [-0.39, 0.29) is 6.09 Å². The zero-order valence-electron chi connectivity index (χ0n) is 12.3. The van der Waals surface area contributed by atoms with Crippen LogP contribution in [0.25, 0.3) is 0 Å². The summed E-state index contributed by atoms with van der Waals surface area (Å²) in [5, 5.41) is 0. The van der Waals surface area contributed by atoms with Gasteiger partial charge in [-0.15, -0.1) is 0 Å². The lowest BCUT2D eigenvalue weighted by atomic mass is 10.0. The molecule has 2 rings (SSSR count). The first kappa shape index (κ1) is 14.5. The fourth-order valence-corrected chi connectivity index (χ4v) is 1.93. The van der Waals surface area contributed by atoms with E-state index in [0.29, 0.717) is 25.6 Å². The third-order valence-electron chi connectivity index (χ3n) is 2.97. The first-order valence-corrected chi connectivity index (χ1v) is 6.80. The number of nitrogen functional groups attached to an aromatic ring is 1. The molecule has 0 aliphatic carbocycles. The minimum atomic E-state index is -0.442. The number of amides is 1. The van der Waals surface area contributed by atoms with Crippen molar-refractivity contribution >= 4 is 11.8 Å². The summed E-state index contributed by atoms with van der Waals surface area (Å²) in [4.78, 5) is 13.4. The first-order valence-electron chi connectivity index (χ1n) is 6.80. The number of likely N-dealkylation sites (tertiary alicyclic amines) is 1. The molecule has 0 bridgehead atoms. The predicted molar refractivity (Wildman–Crippen MR) is 77.6 cm³/mol. The summed E-state index contributed by atoms with van der Waals surface area (Å²) in [7, 11) is 0. The lowest BCUT2D eigenvalue weighted by molar-refractivity contribution is -0.00781. The molecule has 0 aromatic heterocycles. The predicted octanol–water partition coefficient (Wildman–Crippen LogP) is 2.51. The van der Waals surface area contributed by atoms with Crippen molar-refractivity contribution in [3.63, 3.8) is 0 Å². The Kier molecular flexibility index (Phi) is 4.06. The molecule has 0 unspecified atom stereocenters. The van der Waals surface area contributed by atoms with Crippen molar-refractivity contribution in [2.24, 2.45) is 5.92 Å².